The van der Waals surface area contributed by atoms with E-state index in [1.807, 2.05) is 13.0 Å². The third-order valence-electron chi connectivity index (χ3n) is 2.61. The number of carbonyl (C=O) groups is 1. The number of hydrogen-bond donors (Lipinski definition) is 1. The summed E-state index contributed by atoms with van der Waals surface area (Å²) in [6.07, 6.45) is 2.96. The number of nitrogens with zero attached hydrogens (tertiary/aromatic N) is 1. The summed E-state index contributed by atoms with van der Waals surface area (Å²) in [4.78, 5) is 16.0. The number of aromatic nitrogens is 1. The van der Waals surface area contributed by atoms with E-state index in [0.717, 1.165) is 5.56 Å². The molecular formula is C13H14N2O3. The van der Waals surface area contributed by atoms with Crippen molar-refractivity contribution in [2.45, 2.75) is 13.8 Å². The number of nitrogen functional groups attached to an aromatic ring is 1. The van der Waals surface area contributed by atoms with Crippen molar-refractivity contribution in [3.05, 3.63) is 35.7 Å². The SMILES string of the molecule is CCOC(=O)c1c(-c2ncco2)ccc(C)c1N. The molecule has 0 unspecified atom stereocenters. The standard InChI is InChI=1S/C13H14N2O3/c1-3-17-13(16)10-9(12-15-6-7-18-12)5-4-8(2)11(10)14/h4-7H,3,14H2,1-2H3. The second-order valence-corrected chi connectivity index (χ2v) is 3.78. The highest BCUT2D eigenvalue weighted by Gasteiger charge is 2.21. The van der Waals surface area contributed by atoms with Crippen LogP contribution in [-0.4, -0.2) is 17.6 Å². The van der Waals surface area contributed by atoms with Crippen LogP contribution in [0.4, 0.5) is 5.69 Å². The number of hydrogen-bond acceptors (Lipinski definition) is 5. The monoisotopic (exact) mass is 246 g/mol. The Morgan fingerprint density at radius 1 is 1.50 bits per heavy atom. The predicted molar refractivity (Wildman–Crippen MR) is 67.0 cm³/mol. The second kappa shape index (κ2) is 4.91. The molecular weight excluding hydrogens is 232 g/mol. The van der Waals surface area contributed by atoms with Crippen molar-refractivity contribution >= 4 is 11.7 Å². The second-order valence-electron chi connectivity index (χ2n) is 3.78. The minimum atomic E-state index is -0.466. The van der Waals surface area contributed by atoms with E-state index in [-0.39, 0.29) is 6.61 Å². The first-order valence-corrected chi connectivity index (χ1v) is 5.61. The van der Waals surface area contributed by atoms with Gasteiger partial charge in [-0.15, -0.1) is 0 Å². The number of anilines is 1. The molecule has 0 radical (unpaired) electrons. The zero-order chi connectivity index (χ0) is 13.1. The molecule has 0 spiro atoms. The van der Waals surface area contributed by atoms with Gasteiger partial charge >= 0.3 is 5.97 Å². The van der Waals surface area contributed by atoms with Crippen molar-refractivity contribution in [1.29, 1.82) is 0 Å². The zero-order valence-corrected chi connectivity index (χ0v) is 10.3. The maximum atomic E-state index is 12.0. The molecule has 0 bridgehead atoms. The van der Waals surface area contributed by atoms with Crippen LogP contribution >= 0.6 is 0 Å². The number of nitrogens with two attached hydrogens (primary N) is 1. The van der Waals surface area contributed by atoms with Crippen molar-refractivity contribution in [3.63, 3.8) is 0 Å². The van der Waals surface area contributed by atoms with E-state index in [1.54, 1.807) is 13.0 Å². The number of ether oxygens (including phenoxy) is 1. The average Bonchev–Trinajstić information content (AvgIpc) is 2.86. The zero-order valence-electron chi connectivity index (χ0n) is 10.3. The van der Waals surface area contributed by atoms with Crippen LogP contribution in [0.15, 0.2) is 29.0 Å². The molecule has 0 saturated heterocycles. The first kappa shape index (κ1) is 12.2. The van der Waals surface area contributed by atoms with Gasteiger partial charge in [-0.2, -0.15) is 0 Å². The molecule has 2 N–H and O–H groups in total. The molecule has 2 rings (SSSR count). The average molecular weight is 246 g/mol. The fraction of sp³-hybridized carbons (Fsp3) is 0.231. The van der Waals surface area contributed by atoms with E-state index in [0.29, 0.717) is 22.7 Å². The molecule has 0 amide bonds. The quantitative estimate of drug-likeness (QED) is 0.664. The summed E-state index contributed by atoms with van der Waals surface area (Å²) in [6, 6.07) is 3.57. The van der Waals surface area contributed by atoms with Crippen LogP contribution in [-0.2, 0) is 4.74 Å². The van der Waals surface area contributed by atoms with Crippen molar-refractivity contribution in [2.75, 3.05) is 12.3 Å². The lowest BCUT2D eigenvalue weighted by Crippen LogP contribution is -2.11. The lowest BCUT2D eigenvalue weighted by molar-refractivity contribution is 0.0528. The fourth-order valence-electron chi connectivity index (χ4n) is 1.68. The summed E-state index contributed by atoms with van der Waals surface area (Å²) in [5.41, 5.74) is 8.00. The highest BCUT2D eigenvalue weighted by atomic mass is 16.5. The van der Waals surface area contributed by atoms with Crippen LogP contribution in [0.2, 0.25) is 0 Å². The van der Waals surface area contributed by atoms with E-state index in [4.69, 9.17) is 14.9 Å². The van der Waals surface area contributed by atoms with Gasteiger partial charge in [-0.3, -0.25) is 0 Å². The third-order valence-corrected chi connectivity index (χ3v) is 2.61. The van der Waals surface area contributed by atoms with Gasteiger partial charge in [0.15, 0.2) is 0 Å². The van der Waals surface area contributed by atoms with E-state index < -0.39 is 5.97 Å². The molecule has 1 heterocycles. The molecule has 2 aromatic rings. The highest BCUT2D eigenvalue weighted by molar-refractivity contribution is 6.02. The molecule has 94 valence electrons. The molecule has 1 aromatic heterocycles. The van der Waals surface area contributed by atoms with Gasteiger partial charge in [0.25, 0.3) is 0 Å². The molecule has 5 nitrogen and oxygen atoms in total. The summed E-state index contributed by atoms with van der Waals surface area (Å²) in [5, 5.41) is 0. The lowest BCUT2D eigenvalue weighted by Gasteiger charge is -2.11. The molecule has 0 aliphatic heterocycles. The number of benzene rings is 1. The van der Waals surface area contributed by atoms with Gasteiger partial charge in [-0.1, -0.05) is 6.07 Å². The summed E-state index contributed by atoms with van der Waals surface area (Å²) in [7, 11) is 0. The summed E-state index contributed by atoms with van der Waals surface area (Å²) < 4.78 is 10.2. The first-order valence-electron chi connectivity index (χ1n) is 5.61. The first-order chi connectivity index (χ1) is 8.65. The lowest BCUT2D eigenvalue weighted by atomic mass is 10.0. The highest BCUT2D eigenvalue weighted by Crippen LogP contribution is 2.29. The fourth-order valence-corrected chi connectivity index (χ4v) is 1.68. The molecule has 5 heteroatoms. The largest absolute Gasteiger partial charge is 0.462 e. The molecule has 0 atom stereocenters. The van der Waals surface area contributed by atoms with E-state index in [2.05, 4.69) is 4.98 Å². The number of esters is 1. The predicted octanol–water partition coefficient (Wildman–Crippen LogP) is 2.41. The number of rotatable bonds is 3. The van der Waals surface area contributed by atoms with Crippen molar-refractivity contribution in [3.8, 4) is 11.5 Å². The Labute approximate surface area is 105 Å². The Bertz CT molecular complexity index is 562. The van der Waals surface area contributed by atoms with Gasteiger partial charge in [-0.25, -0.2) is 9.78 Å². The number of aryl methyl sites for hydroxylation is 1. The Morgan fingerprint density at radius 2 is 2.28 bits per heavy atom. The van der Waals surface area contributed by atoms with Crippen LogP contribution in [0.1, 0.15) is 22.8 Å². The molecule has 0 aliphatic rings. The Hall–Kier alpha value is -2.30. The smallest absolute Gasteiger partial charge is 0.341 e. The Balaban J connectivity index is 2.60. The van der Waals surface area contributed by atoms with Crippen LogP contribution in [0, 0.1) is 6.92 Å². The Morgan fingerprint density at radius 3 is 2.89 bits per heavy atom. The van der Waals surface area contributed by atoms with Crippen molar-refractivity contribution in [2.24, 2.45) is 0 Å². The van der Waals surface area contributed by atoms with Gasteiger partial charge < -0.3 is 14.9 Å². The maximum absolute atomic E-state index is 12.0. The van der Waals surface area contributed by atoms with E-state index in [9.17, 15) is 4.79 Å². The van der Waals surface area contributed by atoms with E-state index >= 15 is 0 Å². The minimum absolute atomic E-state index is 0.289. The molecule has 0 saturated carbocycles. The third kappa shape index (κ3) is 2.07. The normalized spacial score (nSPS) is 10.3. The van der Waals surface area contributed by atoms with Gasteiger partial charge in [-0.05, 0) is 25.5 Å². The molecule has 0 aliphatic carbocycles. The Kier molecular flexibility index (Phi) is 3.32. The summed E-state index contributed by atoms with van der Waals surface area (Å²) in [6.45, 7) is 3.86. The van der Waals surface area contributed by atoms with Gasteiger partial charge in [0.05, 0.1) is 23.9 Å². The van der Waals surface area contributed by atoms with Crippen LogP contribution in [0.25, 0.3) is 11.5 Å². The number of oxazole rings is 1. The summed E-state index contributed by atoms with van der Waals surface area (Å²) >= 11 is 0. The molecule has 1 aromatic carbocycles. The van der Waals surface area contributed by atoms with E-state index in [1.165, 1.54) is 12.5 Å². The minimum Gasteiger partial charge on any atom is -0.462 e. The van der Waals surface area contributed by atoms with Gasteiger partial charge in [0.1, 0.15) is 6.26 Å². The van der Waals surface area contributed by atoms with Crippen LogP contribution in [0.5, 0.6) is 0 Å². The van der Waals surface area contributed by atoms with Crippen molar-refractivity contribution in [1.82, 2.24) is 4.98 Å². The van der Waals surface area contributed by atoms with Gasteiger partial charge in [0, 0.05) is 5.69 Å². The van der Waals surface area contributed by atoms with Crippen LogP contribution in [0.3, 0.4) is 0 Å². The van der Waals surface area contributed by atoms with Crippen LogP contribution < -0.4 is 5.73 Å². The van der Waals surface area contributed by atoms with Gasteiger partial charge in [0.2, 0.25) is 5.89 Å². The summed E-state index contributed by atoms with van der Waals surface area (Å²) in [5.74, 6) is -0.114. The maximum Gasteiger partial charge on any atom is 0.341 e. The topological polar surface area (TPSA) is 78.3 Å². The number of carbonyl (C=O) groups excluding carboxylic acids is 1. The molecule has 0 fully saturated rings. The molecule has 18 heavy (non-hydrogen) atoms. The van der Waals surface area contributed by atoms with Crippen molar-refractivity contribution < 1.29 is 13.9 Å².